The van der Waals surface area contributed by atoms with Gasteiger partial charge in [0.25, 0.3) is 0 Å². The van der Waals surface area contributed by atoms with Crippen LogP contribution in [0, 0.1) is 6.92 Å². The maximum Gasteiger partial charge on any atom is 0.137 e. The Morgan fingerprint density at radius 3 is 2.94 bits per heavy atom. The van der Waals surface area contributed by atoms with Crippen LogP contribution in [0.25, 0.3) is 11.0 Å². The van der Waals surface area contributed by atoms with Crippen LogP contribution in [-0.4, -0.2) is 6.54 Å². The number of fused-ring (bicyclic) bond motifs is 1. The van der Waals surface area contributed by atoms with E-state index in [4.69, 9.17) is 4.42 Å². The second kappa shape index (κ2) is 5.02. The first-order chi connectivity index (χ1) is 7.72. The summed E-state index contributed by atoms with van der Waals surface area (Å²) in [7, 11) is 0. The molecular formula is C13H16BrNO. The minimum Gasteiger partial charge on any atom is -0.464 e. The fraction of sp³-hybridized carbons (Fsp3) is 0.385. The summed E-state index contributed by atoms with van der Waals surface area (Å²) in [6.07, 6.45) is 3.01. The Balaban J connectivity index is 2.32. The number of hydrogen-bond acceptors (Lipinski definition) is 2. The lowest BCUT2D eigenvalue weighted by atomic mass is 10.1. The second-order valence-corrected chi connectivity index (χ2v) is 4.95. The summed E-state index contributed by atoms with van der Waals surface area (Å²) in [5.74, 6) is 0. The van der Waals surface area contributed by atoms with E-state index in [0.29, 0.717) is 0 Å². The molecular weight excluding hydrogens is 266 g/mol. The summed E-state index contributed by atoms with van der Waals surface area (Å²) in [4.78, 5) is 0. The maximum atomic E-state index is 5.60. The largest absolute Gasteiger partial charge is 0.464 e. The van der Waals surface area contributed by atoms with Crippen molar-refractivity contribution in [1.29, 1.82) is 0 Å². The predicted molar refractivity (Wildman–Crippen MR) is 70.6 cm³/mol. The van der Waals surface area contributed by atoms with Crippen LogP contribution in [0.15, 0.2) is 27.3 Å². The first-order valence-corrected chi connectivity index (χ1v) is 6.38. The maximum absolute atomic E-state index is 5.60. The van der Waals surface area contributed by atoms with Gasteiger partial charge in [0, 0.05) is 22.0 Å². The van der Waals surface area contributed by atoms with Gasteiger partial charge >= 0.3 is 0 Å². The molecule has 0 fully saturated rings. The number of benzene rings is 1. The Morgan fingerprint density at radius 2 is 2.19 bits per heavy atom. The molecule has 0 bridgehead atoms. The van der Waals surface area contributed by atoms with E-state index in [1.807, 2.05) is 6.26 Å². The van der Waals surface area contributed by atoms with Crippen LogP contribution < -0.4 is 5.32 Å². The molecule has 0 radical (unpaired) electrons. The zero-order chi connectivity index (χ0) is 11.5. The quantitative estimate of drug-likeness (QED) is 0.857. The first kappa shape index (κ1) is 11.7. The molecule has 0 spiro atoms. The molecule has 1 N–H and O–H groups in total. The van der Waals surface area contributed by atoms with Gasteiger partial charge in [-0.15, -0.1) is 0 Å². The van der Waals surface area contributed by atoms with Gasteiger partial charge in [-0.3, -0.25) is 0 Å². The molecule has 1 heterocycles. The van der Waals surface area contributed by atoms with E-state index in [1.54, 1.807) is 0 Å². The molecule has 0 aliphatic rings. The SMILES string of the molecule is CCCNCc1coc2c(C)cc(Br)cc12. The Kier molecular flexibility index (Phi) is 3.66. The summed E-state index contributed by atoms with van der Waals surface area (Å²) in [5, 5.41) is 4.60. The highest BCUT2D eigenvalue weighted by atomic mass is 79.9. The fourth-order valence-corrected chi connectivity index (χ4v) is 2.43. The van der Waals surface area contributed by atoms with E-state index in [9.17, 15) is 0 Å². The summed E-state index contributed by atoms with van der Waals surface area (Å²) >= 11 is 3.52. The van der Waals surface area contributed by atoms with E-state index >= 15 is 0 Å². The molecule has 0 unspecified atom stereocenters. The lowest BCUT2D eigenvalue weighted by Gasteiger charge is -2.01. The molecule has 0 atom stereocenters. The summed E-state index contributed by atoms with van der Waals surface area (Å²) < 4.78 is 6.71. The average molecular weight is 282 g/mol. The summed E-state index contributed by atoms with van der Waals surface area (Å²) in [5.41, 5.74) is 3.40. The van der Waals surface area contributed by atoms with Crippen molar-refractivity contribution >= 4 is 26.9 Å². The summed E-state index contributed by atoms with van der Waals surface area (Å²) in [6.45, 7) is 6.15. The monoisotopic (exact) mass is 281 g/mol. The van der Waals surface area contributed by atoms with Crippen LogP contribution >= 0.6 is 15.9 Å². The van der Waals surface area contributed by atoms with E-state index in [-0.39, 0.29) is 0 Å². The Morgan fingerprint density at radius 1 is 1.38 bits per heavy atom. The zero-order valence-corrected chi connectivity index (χ0v) is 11.2. The van der Waals surface area contributed by atoms with Gasteiger partial charge in [0.05, 0.1) is 6.26 Å². The highest BCUT2D eigenvalue weighted by Crippen LogP contribution is 2.28. The Bertz CT molecular complexity index is 490. The molecule has 16 heavy (non-hydrogen) atoms. The predicted octanol–water partition coefficient (Wildman–Crippen LogP) is 4.00. The Labute approximate surface area is 104 Å². The third kappa shape index (κ3) is 2.30. The topological polar surface area (TPSA) is 25.2 Å². The number of rotatable bonds is 4. The van der Waals surface area contributed by atoms with Crippen LogP contribution in [0.2, 0.25) is 0 Å². The van der Waals surface area contributed by atoms with Crippen molar-refractivity contribution in [2.75, 3.05) is 6.54 Å². The third-order valence-electron chi connectivity index (χ3n) is 2.65. The molecule has 0 aliphatic heterocycles. The van der Waals surface area contributed by atoms with Crippen molar-refractivity contribution in [3.63, 3.8) is 0 Å². The van der Waals surface area contributed by atoms with E-state index in [0.717, 1.165) is 29.6 Å². The van der Waals surface area contributed by atoms with Gasteiger partial charge in [-0.1, -0.05) is 22.9 Å². The lowest BCUT2D eigenvalue weighted by Crippen LogP contribution is -2.13. The number of halogens is 1. The highest BCUT2D eigenvalue weighted by Gasteiger charge is 2.08. The first-order valence-electron chi connectivity index (χ1n) is 5.59. The van der Waals surface area contributed by atoms with Crippen LogP contribution in [0.4, 0.5) is 0 Å². The molecule has 86 valence electrons. The van der Waals surface area contributed by atoms with Crippen molar-refractivity contribution < 1.29 is 4.42 Å². The van der Waals surface area contributed by atoms with Crippen molar-refractivity contribution in [2.24, 2.45) is 0 Å². The van der Waals surface area contributed by atoms with Gasteiger partial charge in [0.1, 0.15) is 5.58 Å². The molecule has 2 nitrogen and oxygen atoms in total. The minimum atomic E-state index is 0.872. The highest BCUT2D eigenvalue weighted by molar-refractivity contribution is 9.10. The van der Waals surface area contributed by atoms with Gasteiger partial charge < -0.3 is 9.73 Å². The molecule has 0 saturated carbocycles. The van der Waals surface area contributed by atoms with Crippen LogP contribution in [0.5, 0.6) is 0 Å². The van der Waals surface area contributed by atoms with Gasteiger partial charge in [0.2, 0.25) is 0 Å². The van der Waals surface area contributed by atoms with Gasteiger partial charge in [-0.2, -0.15) is 0 Å². The molecule has 0 amide bonds. The van der Waals surface area contributed by atoms with Crippen LogP contribution in [-0.2, 0) is 6.54 Å². The lowest BCUT2D eigenvalue weighted by molar-refractivity contribution is 0.599. The number of nitrogens with one attached hydrogen (secondary N) is 1. The van der Waals surface area contributed by atoms with Gasteiger partial charge in [0.15, 0.2) is 0 Å². The second-order valence-electron chi connectivity index (χ2n) is 4.04. The van der Waals surface area contributed by atoms with Gasteiger partial charge in [-0.25, -0.2) is 0 Å². The van der Waals surface area contributed by atoms with E-state index in [2.05, 4.69) is 47.2 Å². The molecule has 1 aromatic carbocycles. The Hall–Kier alpha value is -0.800. The van der Waals surface area contributed by atoms with E-state index in [1.165, 1.54) is 16.5 Å². The standard InChI is InChI=1S/C13H16BrNO/c1-3-4-15-7-10-8-16-13-9(2)5-11(14)6-12(10)13/h5-6,8,15H,3-4,7H2,1-2H3. The van der Waals surface area contributed by atoms with Gasteiger partial charge in [-0.05, 0) is 37.6 Å². The van der Waals surface area contributed by atoms with Crippen molar-refractivity contribution in [3.8, 4) is 0 Å². The smallest absolute Gasteiger partial charge is 0.137 e. The average Bonchev–Trinajstić information content (AvgIpc) is 2.62. The number of aryl methyl sites for hydroxylation is 1. The molecule has 0 aliphatic carbocycles. The molecule has 1 aromatic heterocycles. The van der Waals surface area contributed by atoms with Crippen molar-refractivity contribution in [2.45, 2.75) is 26.8 Å². The molecule has 2 rings (SSSR count). The van der Waals surface area contributed by atoms with Crippen LogP contribution in [0.1, 0.15) is 24.5 Å². The molecule has 0 saturated heterocycles. The molecule has 2 aromatic rings. The fourth-order valence-electron chi connectivity index (χ4n) is 1.86. The summed E-state index contributed by atoms with van der Waals surface area (Å²) in [6, 6.07) is 4.20. The molecule has 3 heteroatoms. The minimum absolute atomic E-state index is 0.872. The normalized spacial score (nSPS) is 11.2. The third-order valence-corrected chi connectivity index (χ3v) is 3.10. The zero-order valence-electron chi connectivity index (χ0n) is 9.64. The number of hydrogen-bond donors (Lipinski definition) is 1. The number of furan rings is 1. The van der Waals surface area contributed by atoms with Crippen molar-refractivity contribution in [3.05, 3.63) is 34.0 Å². The van der Waals surface area contributed by atoms with E-state index < -0.39 is 0 Å². The van der Waals surface area contributed by atoms with Crippen molar-refractivity contribution in [1.82, 2.24) is 5.32 Å². The van der Waals surface area contributed by atoms with Crippen LogP contribution in [0.3, 0.4) is 0 Å².